The lowest BCUT2D eigenvalue weighted by molar-refractivity contribution is -0.148. The molecule has 4 rings (SSSR count). The Morgan fingerprint density at radius 3 is 2.50 bits per heavy atom. The second kappa shape index (κ2) is 6.68. The first-order valence-electron chi connectivity index (χ1n) is 9.32. The Bertz CT molecular complexity index is 1060. The molecule has 2 aromatic rings. The minimum atomic E-state index is -0.764. The van der Waals surface area contributed by atoms with E-state index in [0.29, 0.717) is 4.57 Å². The normalized spacial score (nSPS) is 25.4. The van der Waals surface area contributed by atoms with Crippen LogP contribution in [-0.4, -0.2) is 33.0 Å². The maximum Gasteiger partial charge on any atom is 0.338 e. The van der Waals surface area contributed by atoms with Gasteiger partial charge in [-0.25, -0.2) is 4.79 Å². The van der Waals surface area contributed by atoms with Crippen LogP contribution in [-0.2, 0) is 9.47 Å². The Kier molecular flexibility index (Phi) is 4.44. The number of ether oxygens (including phenoxy) is 2. The Hall–Kier alpha value is -2.77. The van der Waals surface area contributed by atoms with E-state index in [1.165, 1.54) is 16.8 Å². The molecular formula is C21H22N2O5. The molecule has 1 aromatic carbocycles. The van der Waals surface area contributed by atoms with Gasteiger partial charge in [-0.05, 0) is 38.0 Å². The lowest BCUT2D eigenvalue weighted by atomic mass is 10.1. The maximum absolute atomic E-state index is 13.1. The smallest absolute Gasteiger partial charge is 0.338 e. The summed E-state index contributed by atoms with van der Waals surface area (Å²) >= 11 is 0. The van der Waals surface area contributed by atoms with Gasteiger partial charge in [-0.2, -0.15) is 4.57 Å². The van der Waals surface area contributed by atoms with Crippen molar-refractivity contribution in [3.63, 3.8) is 0 Å². The second-order valence-electron chi connectivity index (χ2n) is 7.46. The van der Waals surface area contributed by atoms with Gasteiger partial charge >= 0.3 is 5.69 Å². The van der Waals surface area contributed by atoms with E-state index < -0.39 is 29.0 Å². The SMILES string of the molecule is CCC1=C[C@@H](n2ccc(=O)n(C(=O)c3ccccc3)c2=O)C2OC(C)(C)O[C@@H]12. The number of carbonyl (C=O) groups is 1. The third kappa shape index (κ3) is 2.96. The highest BCUT2D eigenvalue weighted by molar-refractivity contribution is 5.95. The molecule has 2 aliphatic rings. The fourth-order valence-electron chi connectivity index (χ4n) is 3.91. The summed E-state index contributed by atoms with van der Waals surface area (Å²) in [5, 5.41) is 0. The van der Waals surface area contributed by atoms with Crippen LogP contribution in [0.2, 0.25) is 0 Å². The summed E-state index contributed by atoms with van der Waals surface area (Å²) in [6, 6.07) is 9.05. The molecule has 1 fully saturated rings. The summed E-state index contributed by atoms with van der Waals surface area (Å²) in [4.78, 5) is 38.2. The number of aromatic nitrogens is 2. The van der Waals surface area contributed by atoms with E-state index in [9.17, 15) is 14.4 Å². The van der Waals surface area contributed by atoms with Crippen LogP contribution in [0.1, 0.15) is 43.6 Å². The van der Waals surface area contributed by atoms with E-state index in [2.05, 4.69) is 0 Å². The molecular weight excluding hydrogens is 360 g/mol. The van der Waals surface area contributed by atoms with Crippen LogP contribution in [0, 0.1) is 0 Å². The zero-order chi connectivity index (χ0) is 20.1. The van der Waals surface area contributed by atoms with Crippen molar-refractivity contribution >= 4 is 5.91 Å². The lowest BCUT2D eigenvalue weighted by Gasteiger charge is -2.22. The van der Waals surface area contributed by atoms with Gasteiger partial charge in [0.05, 0.1) is 6.04 Å². The average molecular weight is 382 g/mol. The highest BCUT2D eigenvalue weighted by atomic mass is 16.8. The molecule has 0 radical (unpaired) electrons. The second-order valence-corrected chi connectivity index (χ2v) is 7.46. The van der Waals surface area contributed by atoms with Crippen LogP contribution in [0.3, 0.4) is 0 Å². The third-order valence-electron chi connectivity index (χ3n) is 5.18. The zero-order valence-corrected chi connectivity index (χ0v) is 16.0. The van der Waals surface area contributed by atoms with Crippen molar-refractivity contribution in [2.45, 2.75) is 51.2 Å². The Morgan fingerprint density at radius 1 is 1.11 bits per heavy atom. The van der Waals surface area contributed by atoms with Crippen molar-refractivity contribution in [3.05, 3.63) is 80.6 Å². The highest BCUT2D eigenvalue weighted by Crippen LogP contribution is 2.43. The molecule has 0 bridgehead atoms. The van der Waals surface area contributed by atoms with Crippen molar-refractivity contribution in [3.8, 4) is 0 Å². The minimum absolute atomic E-state index is 0.248. The van der Waals surface area contributed by atoms with Crippen molar-refractivity contribution in [2.75, 3.05) is 0 Å². The fraction of sp³-hybridized carbons (Fsp3) is 0.381. The van der Waals surface area contributed by atoms with Crippen LogP contribution < -0.4 is 11.2 Å². The molecule has 0 saturated carbocycles. The quantitative estimate of drug-likeness (QED) is 0.760. The van der Waals surface area contributed by atoms with Crippen molar-refractivity contribution < 1.29 is 14.3 Å². The molecule has 3 atom stereocenters. The average Bonchev–Trinajstić information content (AvgIpc) is 3.15. The van der Waals surface area contributed by atoms with E-state index in [4.69, 9.17) is 9.47 Å². The van der Waals surface area contributed by atoms with Gasteiger partial charge < -0.3 is 9.47 Å². The summed E-state index contributed by atoms with van der Waals surface area (Å²) in [5.41, 5.74) is -0.0324. The van der Waals surface area contributed by atoms with Crippen LogP contribution in [0.5, 0.6) is 0 Å². The molecule has 1 unspecified atom stereocenters. The number of rotatable bonds is 3. The number of hydrogen-bond acceptors (Lipinski definition) is 5. The summed E-state index contributed by atoms with van der Waals surface area (Å²) in [6.45, 7) is 5.68. The Balaban J connectivity index is 1.80. The van der Waals surface area contributed by atoms with E-state index in [-0.39, 0.29) is 17.8 Å². The Labute approximate surface area is 161 Å². The van der Waals surface area contributed by atoms with E-state index in [1.54, 1.807) is 30.3 Å². The summed E-state index contributed by atoms with van der Waals surface area (Å²) in [6.07, 6.45) is 3.48. The molecule has 0 N–H and O–H groups in total. The molecule has 1 aliphatic carbocycles. The van der Waals surface area contributed by atoms with Gasteiger partial charge in [0.15, 0.2) is 5.79 Å². The molecule has 1 aliphatic heterocycles. The Morgan fingerprint density at radius 2 is 1.82 bits per heavy atom. The molecule has 1 aromatic heterocycles. The number of nitrogens with zero attached hydrogens (tertiary/aromatic N) is 2. The van der Waals surface area contributed by atoms with E-state index in [0.717, 1.165) is 12.0 Å². The standard InChI is InChI=1S/C21H22N2O5/c1-4-13-12-15(18-17(13)27-21(2,3)28-18)22-11-10-16(24)23(20(22)26)19(25)14-8-6-5-7-9-14/h5-12,15,17-18H,4H2,1-3H3/t15-,17+,18?/m1/s1. The molecule has 7 nitrogen and oxygen atoms in total. The zero-order valence-electron chi connectivity index (χ0n) is 16.0. The predicted octanol–water partition coefficient (Wildman–Crippen LogP) is 2.11. The molecule has 7 heteroatoms. The summed E-state index contributed by atoms with van der Waals surface area (Å²) in [5.74, 6) is -1.41. The molecule has 0 amide bonds. The van der Waals surface area contributed by atoms with Gasteiger partial charge in [-0.15, -0.1) is 0 Å². The van der Waals surface area contributed by atoms with Crippen LogP contribution in [0.25, 0.3) is 0 Å². The van der Waals surface area contributed by atoms with Gasteiger partial charge in [0.2, 0.25) is 0 Å². The molecule has 28 heavy (non-hydrogen) atoms. The van der Waals surface area contributed by atoms with Crippen LogP contribution in [0.4, 0.5) is 0 Å². The first-order valence-corrected chi connectivity index (χ1v) is 9.32. The topological polar surface area (TPSA) is 79.5 Å². The number of fused-ring (bicyclic) bond motifs is 1. The highest BCUT2D eigenvalue weighted by Gasteiger charge is 2.50. The van der Waals surface area contributed by atoms with Crippen LogP contribution >= 0.6 is 0 Å². The lowest BCUT2D eigenvalue weighted by Crippen LogP contribution is -2.45. The number of hydrogen-bond donors (Lipinski definition) is 0. The minimum Gasteiger partial charge on any atom is -0.342 e. The molecule has 0 spiro atoms. The van der Waals surface area contributed by atoms with Gasteiger partial charge in [0.1, 0.15) is 12.2 Å². The van der Waals surface area contributed by atoms with Gasteiger partial charge in [-0.3, -0.25) is 14.2 Å². The molecule has 1 saturated heterocycles. The van der Waals surface area contributed by atoms with Crippen molar-refractivity contribution in [1.29, 1.82) is 0 Å². The van der Waals surface area contributed by atoms with Crippen LogP contribution in [0.15, 0.2) is 63.8 Å². The third-order valence-corrected chi connectivity index (χ3v) is 5.18. The summed E-state index contributed by atoms with van der Waals surface area (Å²) < 4.78 is 14.1. The van der Waals surface area contributed by atoms with Gasteiger partial charge in [0, 0.05) is 17.8 Å². The monoisotopic (exact) mass is 382 g/mol. The van der Waals surface area contributed by atoms with Gasteiger partial charge in [0.25, 0.3) is 11.5 Å². The van der Waals surface area contributed by atoms with E-state index in [1.807, 2.05) is 26.8 Å². The first-order chi connectivity index (χ1) is 13.3. The molecule has 2 heterocycles. The van der Waals surface area contributed by atoms with Crippen molar-refractivity contribution in [2.24, 2.45) is 0 Å². The predicted molar refractivity (Wildman–Crippen MR) is 102 cm³/mol. The van der Waals surface area contributed by atoms with Gasteiger partial charge in [-0.1, -0.05) is 31.2 Å². The largest absolute Gasteiger partial charge is 0.342 e. The fourth-order valence-corrected chi connectivity index (χ4v) is 3.91. The molecule has 146 valence electrons. The summed E-state index contributed by atoms with van der Waals surface area (Å²) in [7, 11) is 0. The first kappa shape index (κ1) is 18.6. The number of carbonyl (C=O) groups excluding carboxylic acids is 1. The van der Waals surface area contributed by atoms with E-state index >= 15 is 0 Å². The maximum atomic E-state index is 13.1. The number of benzene rings is 1. The van der Waals surface area contributed by atoms with Crippen molar-refractivity contribution in [1.82, 2.24) is 9.13 Å².